The number of halogens is 1. The molecule has 2 aliphatic rings. The Hall–Kier alpha value is -3.60. The smallest absolute Gasteiger partial charge is 0.163 e. The second-order valence-electron chi connectivity index (χ2n) is 8.98. The molecule has 0 aromatic heterocycles. The van der Waals surface area contributed by atoms with Gasteiger partial charge in [-0.05, 0) is 73.7 Å². The summed E-state index contributed by atoms with van der Waals surface area (Å²) in [6.07, 6.45) is 1.12. The summed E-state index contributed by atoms with van der Waals surface area (Å²) in [6.45, 7) is 6.21. The lowest BCUT2D eigenvalue weighted by Gasteiger charge is -2.30. The van der Waals surface area contributed by atoms with E-state index >= 15 is 0 Å². The molecule has 5 heteroatoms. The Morgan fingerprint density at radius 2 is 1.50 bits per heavy atom. The van der Waals surface area contributed by atoms with Crippen molar-refractivity contribution in [1.29, 1.82) is 0 Å². The minimum Gasteiger partial charge on any atom is -0.372 e. The average molecular weight is 456 g/mol. The molecule has 0 radical (unpaired) electrons. The van der Waals surface area contributed by atoms with Crippen molar-refractivity contribution in [2.75, 3.05) is 28.6 Å². The molecule has 0 saturated heterocycles. The Kier molecular flexibility index (Phi) is 6.10. The zero-order chi connectivity index (χ0) is 23.7. The summed E-state index contributed by atoms with van der Waals surface area (Å²) < 4.78 is 13.5. The summed E-state index contributed by atoms with van der Waals surface area (Å²) in [7, 11) is 0. The highest BCUT2D eigenvalue weighted by Crippen LogP contribution is 2.44. The van der Waals surface area contributed by atoms with E-state index in [1.165, 1.54) is 17.8 Å². The van der Waals surface area contributed by atoms with Crippen LogP contribution < -0.4 is 15.5 Å². The van der Waals surface area contributed by atoms with E-state index in [0.29, 0.717) is 12.8 Å². The summed E-state index contributed by atoms with van der Waals surface area (Å²) in [6, 6.07) is 22.9. The van der Waals surface area contributed by atoms with Crippen LogP contribution in [0.15, 0.2) is 84.1 Å². The molecule has 3 aromatic rings. The Bertz CT molecular complexity index is 1210. The maximum atomic E-state index is 13.6. The van der Waals surface area contributed by atoms with Crippen LogP contribution in [0.25, 0.3) is 0 Å². The molecule has 2 atom stereocenters. The standard InChI is InChI=1S/C29H30FN3O/c1-3-33(4-2)23-15-11-20(12-16-23)29-28-26(31-24-7-5-6-8-25(24)32-29)17-21(18-27(28)34)19-9-13-22(30)14-10-19/h5-16,21,29,31-32H,3-4,17-18H2,1-2H3/t21-,29+/m0/s1. The van der Waals surface area contributed by atoms with Gasteiger partial charge in [-0.3, -0.25) is 4.79 Å². The van der Waals surface area contributed by atoms with Crippen LogP contribution in [-0.4, -0.2) is 18.9 Å². The van der Waals surface area contributed by atoms with Crippen molar-refractivity contribution in [3.63, 3.8) is 0 Å². The van der Waals surface area contributed by atoms with Crippen LogP contribution in [-0.2, 0) is 4.79 Å². The van der Waals surface area contributed by atoms with Gasteiger partial charge in [-0.15, -0.1) is 0 Å². The monoisotopic (exact) mass is 455 g/mol. The highest BCUT2D eigenvalue weighted by molar-refractivity contribution is 6.01. The number of nitrogens with one attached hydrogen (secondary N) is 2. The molecule has 0 saturated carbocycles. The van der Waals surface area contributed by atoms with Crippen molar-refractivity contribution >= 4 is 22.8 Å². The number of hydrogen-bond donors (Lipinski definition) is 2. The maximum Gasteiger partial charge on any atom is 0.163 e. The maximum absolute atomic E-state index is 13.6. The summed E-state index contributed by atoms with van der Waals surface area (Å²) in [5, 5.41) is 7.20. The lowest BCUT2D eigenvalue weighted by Crippen LogP contribution is -2.27. The number of allylic oxidation sites excluding steroid dienone is 1. The normalized spacial score (nSPS) is 19.4. The third-order valence-corrected chi connectivity index (χ3v) is 7.01. The first-order valence-electron chi connectivity index (χ1n) is 12.1. The summed E-state index contributed by atoms with van der Waals surface area (Å²) in [5.41, 5.74) is 6.92. The van der Waals surface area contributed by atoms with Crippen molar-refractivity contribution in [2.24, 2.45) is 0 Å². The first-order chi connectivity index (χ1) is 16.6. The zero-order valence-corrected chi connectivity index (χ0v) is 19.6. The second-order valence-corrected chi connectivity index (χ2v) is 8.98. The molecule has 1 aliphatic heterocycles. The van der Waals surface area contributed by atoms with E-state index in [1.807, 2.05) is 24.3 Å². The molecule has 1 aliphatic carbocycles. The first-order valence-corrected chi connectivity index (χ1v) is 12.1. The fraction of sp³-hybridized carbons (Fsp3) is 0.276. The fourth-order valence-corrected chi connectivity index (χ4v) is 5.18. The molecular formula is C29H30FN3O. The first kappa shape index (κ1) is 22.2. The summed E-state index contributed by atoms with van der Waals surface area (Å²) in [4.78, 5) is 15.9. The van der Waals surface area contributed by atoms with E-state index in [0.717, 1.165) is 46.9 Å². The number of benzene rings is 3. The number of carbonyl (C=O) groups excluding carboxylic acids is 1. The van der Waals surface area contributed by atoms with Gasteiger partial charge in [-0.2, -0.15) is 0 Å². The molecule has 0 bridgehead atoms. The number of fused-ring (bicyclic) bond motifs is 1. The number of nitrogens with zero attached hydrogens (tertiary/aromatic N) is 1. The van der Waals surface area contributed by atoms with E-state index in [-0.39, 0.29) is 23.6 Å². The number of Topliss-reactive ketones (excluding diaryl/α,β-unsaturated/α-hetero) is 1. The highest BCUT2D eigenvalue weighted by Gasteiger charge is 2.36. The third kappa shape index (κ3) is 4.18. The van der Waals surface area contributed by atoms with Crippen LogP contribution in [0.1, 0.15) is 49.8 Å². The largest absolute Gasteiger partial charge is 0.372 e. The lowest BCUT2D eigenvalue weighted by atomic mass is 9.78. The quantitative estimate of drug-likeness (QED) is 0.452. The number of ketones is 1. The van der Waals surface area contributed by atoms with Crippen molar-refractivity contribution in [3.8, 4) is 0 Å². The molecule has 34 heavy (non-hydrogen) atoms. The van der Waals surface area contributed by atoms with Crippen LogP contribution in [0.3, 0.4) is 0 Å². The van der Waals surface area contributed by atoms with Crippen LogP contribution in [0, 0.1) is 5.82 Å². The number of rotatable bonds is 5. The van der Waals surface area contributed by atoms with E-state index in [1.54, 1.807) is 12.1 Å². The van der Waals surface area contributed by atoms with Gasteiger partial charge in [0.25, 0.3) is 0 Å². The minimum absolute atomic E-state index is 0.0234. The molecule has 0 spiro atoms. The van der Waals surface area contributed by atoms with Gasteiger partial charge in [0.05, 0.1) is 17.4 Å². The van der Waals surface area contributed by atoms with Crippen molar-refractivity contribution in [1.82, 2.24) is 0 Å². The van der Waals surface area contributed by atoms with Crippen molar-refractivity contribution in [3.05, 3.63) is 101 Å². The Balaban J connectivity index is 1.55. The SMILES string of the molecule is CCN(CC)c1ccc([C@H]2Nc3ccccc3NC3=C2C(=O)C[C@@H](c2ccc(F)cc2)C3)cc1. The molecule has 0 unspecified atom stereocenters. The van der Waals surface area contributed by atoms with E-state index in [2.05, 4.69) is 53.6 Å². The predicted molar refractivity (Wildman–Crippen MR) is 137 cm³/mol. The van der Waals surface area contributed by atoms with Crippen LogP contribution >= 0.6 is 0 Å². The van der Waals surface area contributed by atoms with Gasteiger partial charge in [0.1, 0.15) is 5.82 Å². The van der Waals surface area contributed by atoms with E-state index < -0.39 is 0 Å². The number of para-hydroxylation sites is 2. The topological polar surface area (TPSA) is 44.4 Å². The number of anilines is 3. The van der Waals surface area contributed by atoms with Gasteiger partial charge in [0.2, 0.25) is 0 Å². The summed E-state index contributed by atoms with van der Waals surface area (Å²) in [5.74, 6) is -0.110. The molecule has 174 valence electrons. The van der Waals surface area contributed by atoms with Crippen LogP contribution in [0.5, 0.6) is 0 Å². The molecule has 5 rings (SSSR count). The number of hydrogen-bond acceptors (Lipinski definition) is 4. The van der Waals surface area contributed by atoms with Gasteiger partial charge in [-0.1, -0.05) is 36.4 Å². The molecule has 4 nitrogen and oxygen atoms in total. The average Bonchev–Trinajstić information content (AvgIpc) is 3.02. The molecule has 0 fully saturated rings. The van der Waals surface area contributed by atoms with Crippen molar-refractivity contribution < 1.29 is 9.18 Å². The molecule has 2 N–H and O–H groups in total. The molecule has 1 heterocycles. The van der Waals surface area contributed by atoms with Gasteiger partial charge in [0, 0.05) is 36.5 Å². The fourth-order valence-electron chi connectivity index (χ4n) is 5.18. The lowest BCUT2D eigenvalue weighted by molar-refractivity contribution is -0.116. The van der Waals surface area contributed by atoms with Crippen LogP contribution in [0.2, 0.25) is 0 Å². The molecular weight excluding hydrogens is 425 g/mol. The van der Waals surface area contributed by atoms with Gasteiger partial charge >= 0.3 is 0 Å². The van der Waals surface area contributed by atoms with E-state index in [4.69, 9.17) is 0 Å². The highest BCUT2D eigenvalue weighted by atomic mass is 19.1. The minimum atomic E-state index is -0.260. The van der Waals surface area contributed by atoms with Gasteiger partial charge in [0.15, 0.2) is 5.78 Å². The summed E-state index contributed by atoms with van der Waals surface area (Å²) >= 11 is 0. The van der Waals surface area contributed by atoms with Crippen LogP contribution in [0.4, 0.5) is 21.5 Å². The number of carbonyl (C=O) groups is 1. The molecule has 3 aromatic carbocycles. The third-order valence-electron chi connectivity index (χ3n) is 7.01. The second kappa shape index (κ2) is 9.34. The zero-order valence-electron chi connectivity index (χ0n) is 19.6. The molecule has 0 amide bonds. The van der Waals surface area contributed by atoms with Gasteiger partial charge < -0.3 is 15.5 Å². The van der Waals surface area contributed by atoms with Gasteiger partial charge in [-0.25, -0.2) is 4.39 Å². The van der Waals surface area contributed by atoms with E-state index in [9.17, 15) is 9.18 Å². The van der Waals surface area contributed by atoms with Crippen molar-refractivity contribution in [2.45, 2.75) is 38.6 Å². The Labute approximate surface area is 200 Å². The Morgan fingerprint density at radius 1 is 0.853 bits per heavy atom. The Morgan fingerprint density at radius 3 is 2.18 bits per heavy atom. The predicted octanol–water partition coefficient (Wildman–Crippen LogP) is 6.65.